The normalized spacial score (nSPS) is 11.2. The number of fused-ring (bicyclic) bond motifs is 1. The van der Waals surface area contributed by atoms with E-state index in [-0.39, 0.29) is 0 Å². The molecular formula is C34H23N3O. The molecule has 0 amide bonds. The molecule has 5 aromatic carbocycles. The Balaban J connectivity index is 1.49. The fourth-order valence-corrected chi connectivity index (χ4v) is 5.06. The fraction of sp³-hybridized carbons (Fsp3) is 0. The third-order valence-electron chi connectivity index (χ3n) is 6.81. The fourth-order valence-electron chi connectivity index (χ4n) is 5.06. The summed E-state index contributed by atoms with van der Waals surface area (Å²) in [6.45, 7) is 0. The van der Waals surface area contributed by atoms with E-state index in [1.54, 1.807) is 0 Å². The molecule has 0 atom stereocenters. The summed E-state index contributed by atoms with van der Waals surface area (Å²) < 4.78 is 8.68. The van der Waals surface area contributed by atoms with Crippen molar-refractivity contribution in [2.45, 2.75) is 0 Å². The number of aromatic nitrogens is 3. The van der Waals surface area contributed by atoms with Crippen molar-refractivity contribution in [1.82, 2.24) is 15.0 Å². The summed E-state index contributed by atoms with van der Waals surface area (Å²) in [6.07, 6.45) is 0. The Hall–Kier alpha value is -5.22. The van der Waals surface area contributed by atoms with Crippen LogP contribution in [0.25, 0.3) is 61.6 Å². The first kappa shape index (κ1) is 22.0. The molecule has 4 heteroatoms. The molecule has 0 saturated heterocycles. The van der Waals surface area contributed by atoms with Crippen LogP contribution in [-0.4, -0.2) is 15.0 Å². The number of furan rings is 1. The highest BCUT2D eigenvalue weighted by atomic mass is 16.3. The summed E-state index contributed by atoms with van der Waals surface area (Å²) >= 11 is 0. The van der Waals surface area contributed by atoms with Gasteiger partial charge in [0.05, 0.1) is 5.69 Å². The quantitative estimate of drug-likeness (QED) is 0.243. The molecule has 2 aromatic heterocycles. The van der Waals surface area contributed by atoms with Crippen molar-refractivity contribution in [2.24, 2.45) is 0 Å². The standard InChI is InChI=1S/C34H23N3O/c1-4-14-24(15-5-1)27-20-10-11-21-28(27)33-29-22-12-13-23-30(29)34(38-33)31-32(25-16-6-2-7-17-25)37(36-35-31)26-18-8-3-9-19-26/h1-23H. The zero-order chi connectivity index (χ0) is 25.3. The molecule has 0 aliphatic heterocycles. The Kier molecular flexibility index (Phi) is 5.41. The number of benzene rings is 5. The van der Waals surface area contributed by atoms with E-state index in [9.17, 15) is 0 Å². The maximum atomic E-state index is 6.80. The SMILES string of the molecule is c1ccc(-c2ccccc2-c2oc(-c3nnn(-c4ccccc4)c3-c3ccccc3)c3ccccc23)cc1. The zero-order valence-electron chi connectivity index (χ0n) is 20.5. The van der Waals surface area contributed by atoms with E-state index in [2.05, 4.69) is 84.1 Å². The van der Waals surface area contributed by atoms with Crippen molar-refractivity contribution >= 4 is 10.8 Å². The zero-order valence-corrected chi connectivity index (χ0v) is 20.5. The van der Waals surface area contributed by atoms with Gasteiger partial charge in [0.2, 0.25) is 0 Å². The number of hydrogen-bond donors (Lipinski definition) is 0. The lowest BCUT2D eigenvalue weighted by Crippen LogP contribution is -1.99. The molecular weight excluding hydrogens is 466 g/mol. The Labute approximate surface area is 220 Å². The maximum absolute atomic E-state index is 6.80. The van der Waals surface area contributed by atoms with Gasteiger partial charge in [0.25, 0.3) is 0 Å². The van der Waals surface area contributed by atoms with Crippen LogP contribution in [0.15, 0.2) is 144 Å². The lowest BCUT2D eigenvalue weighted by Gasteiger charge is -2.09. The van der Waals surface area contributed by atoms with E-state index >= 15 is 0 Å². The summed E-state index contributed by atoms with van der Waals surface area (Å²) in [5.41, 5.74) is 6.86. The van der Waals surface area contributed by atoms with E-state index in [1.165, 1.54) is 0 Å². The van der Waals surface area contributed by atoms with Crippen molar-refractivity contribution in [2.75, 3.05) is 0 Å². The minimum Gasteiger partial charge on any atom is -0.453 e. The molecule has 0 unspecified atom stereocenters. The second-order valence-corrected chi connectivity index (χ2v) is 9.12. The molecule has 180 valence electrons. The summed E-state index contributed by atoms with van der Waals surface area (Å²) in [5.74, 6) is 1.53. The molecule has 2 heterocycles. The first-order valence-corrected chi connectivity index (χ1v) is 12.6. The number of nitrogens with zero attached hydrogens (tertiary/aromatic N) is 3. The molecule has 0 saturated carbocycles. The van der Waals surface area contributed by atoms with Gasteiger partial charge in [-0.15, -0.1) is 5.10 Å². The van der Waals surface area contributed by atoms with Gasteiger partial charge in [0, 0.05) is 21.9 Å². The lowest BCUT2D eigenvalue weighted by molar-refractivity contribution is 0.599. The van der Waals surface area contributed by atoms with Gasteiger partial charge in [-0.3, -0.25) is 0 Å². The third-order valence-corrected chi connectivity index (χ3v) is 6.81. The van der Waals surface area contributed by atoms with Crippen LogP contribution in [-0.2, 0) is 0 Å². The second-order valence-electron chi connectivity index (χ2n) is 9.12. The summed E-state index contributed by atoms with van der Waals surface area (Å²) in [4.78, 5) is 0. The second kappa shape index (κ2) is 9.34. The van der Waals surface area contributed by atoms with E-state index in [0.717, 1.165) is 50.2 Å². The third kappa shape index (κ3) is 3.71. The van der Waals surface area contributed by atoms with Crippen LogP contribution < -0.4 is 0 Å². The predicted molar refractivity (Wildman–Crippen MR) is 153 cm³/mol. The van der Waals surface area contributed by atoms with Gasteiger partial charge in [0.1, 0.15) is 11.5 Å². The molecule has 0 bridgehead atoms. The molecule has 0 fully saturated rings. The van der Waals surface area contributed by atoms with Crippen LogP contribution in [0, 0.1) is 0 Å². The maximum Gasteiger partial charge on any atom is 0.165 e. The average molecular weight is 490 g/mol. The largest absolute Gasteiger partial charge is 0.453 e. The Bertz CT molecular complexity index is 1850. The Morgan fingerprint density at radius 2 is 1.00 bits per heavy atom. The lowest BCUT2D eigenvalue weighted by atomic mass is 9.96. The van der Waals surface area contributed by atoms with Crippen LogP contribution in [0.4, 0.5) is 0 Å². The molecule has 38 heavy (non-hydrogen) atoms. The molecule has 0 aliphatic rings. The Morgan fingerprint density at radius 1 is 0.474 bits per heavy atom. The van der Waals surface area contributed by atoms with Gasteiger partial charge in [-0.1, -0.05) is 133 Å². The van der Waals surface area contributed by atoms with Gasteiger partial charge in [-0.05, 0) is 23.3 Å². The van der Waals surface area contributed by atoms with E-state index < -0.39 is 0 Å². The van der Waals surface area contributed by atoms with Crippen molar-refractivity contribution in [3.63, 3.8) is 0 Å². The summed E-state index contributed by atoms with van der Waals surface area (Å²) in [6, 6.07) is 47.4. The Morgan fingerprint density at radius 3 is 1.68 bits per heavy atom. The molecule has 7 aromatic rings. The monoisotopic (exact) mass is 489 g/mol. The molecule has 0 spiro atoms. The van der Waals surface area contributed by atoms with Crippen LogP contribution in [0.5, 0.6) is 0 Å². The summed E-state index contributed by atoms with van der Waals surface area (Å²) in [5, 5.41) is 11.3. The smallest absolute Gasteiger partial charge is 0.165 e. The minimum atomic E-state index is 0.708. The first-order valence-electron chi connectivity index (χ1n) is 12.6. The number of para-hydroxylation sites is 1. The van der Waals surface area contributed by atoms with Gasteiger partial charge in [-0.2, -0.15) is 0 Å². The van der Waals surface area contributed by atoms with Crippen molar-refractivity contribution in [3.05, 3.63) is 140 Å². The van der Waals surface area contributed by atoms with Gasteiger partial charge >= 0.3 is 0 Å². The van der Waals surface area contributed by atoms with Crippen LogP contribution in [0.1, 0.15) is 0 Å². The van der Waals surface area contributed by atoms with Crippen molar-refractivity contribution < 1.29 is 4.42 Å². The predicted octanol–water partition coefficient (Wildman–Crippen LogP) is 8.68. The minimum absolute atomic E-state index is 0.708. The highest BCUT2D eigenvalue weighted by Crippen LogP contribution is 2.44. The van der Waals surface area contributed by atoms with Crippen LogP contribution in [0.2, 0.25) is 0 Å². The van der Waals surface area contributed by atoms with Gasteiger partial charge in [0.15, 0.2) is 11.5 Å². The van der Waals surface area contributed by atoms with E-state index in [0.29, 0.717) is 11.5 Å². The number of rotatable bonds is 5. The highest BCUT2D eigenvalue weighted by Gasteiger charge is 2.25. The van der Waals surface area contributed by atoms with Crippen molar-refractivity contribution in [3.8, 4) is 50.8 Å². The van der Waals surface area contributed by atoms with Gasteiger partial charge < -0.3 is 4.42 Å². The molecule has 0 radical (unpaired) electrons. The van der Waals surface area contributed by atoms with E-state index in [4.69, 9.17) is 9.52 Å². The highest BCUT2D eigenvalue weighted by molar-refractivity contribution is 6.05. The molecule has 4 nitrogen and oxygen atoms in total. The van der Waals surface area contributed by atoms with Crippen molar-refractivity contribution in [1.29, 1.82) is 0 Å². The number of hydrogen-bond acceptors (Lipinski definition) is 3. The molecule has 0 N–H and O–H groups in total. The first-order chi connectivity index (χ1) is 18.9. The average Bonchev–Trinajstić information content (AvgIpc) is 3.61. The van der Waals surface area contributed by atoms with E-state index in [1.807, 2.05) is 65.3 Å². The topological polar surface area (TPSA) is 43.9 Å². The van der Waals surface area contributed by atoms with Crippen LogP contribution >= 0.6 is 0 Å². The molecule has 0 aliphatic carbocycles. The van der Waals surface area contributed by atoms with Gasteiger partial charge in [-0.25, -0.2) is 4.68 Å². The molecule has 7 rings (SSSR count). The summed E-state index contributed by atoms with van der Waals surface area (Å²) in [7, 11) is 0. The van der Waals surface area contributed by atoms with Crippen LogP contribution in [0.3, 0.4) is 0 Å².